The smallest absolute Gasteiger partial charge is 0.254 e. The minimum atomic E-state index is -0.678. The van der Waals surface area contributed by atoms with Crippen LogP contribution in [0.3, 0.4) is 0 Å². The van der Waals surface area contributed by atoms with E-state index < -0.39 is 5.41 Å². The lowest BCUT2D eigenvalue weighted by Crippen LogP contribution is -2.39. The van der Waals surface area contributed by atoms with E-state index in [1.165, 1.54) is 0 Å². The fourth-order valence-electron chi connectivity index (χ4n) is 3.89. The molecule has 2 aliphatic heterocycles. The van der Waals surface area contributed by atoms with Crippen molar-refractivity contribution in [3.8, 4) is 5.75 Å². The number of hydrogen-bond donors (Lipinski definition) is 1. The molecule has 2 aliphatic rings. The van der Waals surface area contributed by atoms with E-state index in [0.29, 0.717) is 25.1 Å². The van der Waals surface area contributed by atoms with Gasteiger partial charge in [0.1, 0.15) is 5.75 Å². The number of carbonyl (C=O) groups excluding carboxylic acids is 2. The quantitative estimate of drug-likeness (QED) is 0.917. The molecule has 1 atom stereocenters. The Labute approximate surface area is 146 Å². The van der Waals surface area contributed by atoms with E-state index in [9.17, 15) is 9.59 Å². The predicted molar refractivity (Wildman–Crippen MR) is 95.0 cm³/mol. The summed E-state index contributed by atoms with van der Waals surface area (Å²) in [6.45, 7) is 2.89. The Morgan fingerprint density at radius 3 is 2.80 bits per heavy atom. The number of benzene rings is 2. The lowest BCUT2D eigenvalue weighted by Gasteiger charge is -2.23. The number of aryl methyl sites for hydroxylation is 1. The summed E-state index contributed by atoms with van der Waals surface area (Å²) in [4.78, 5) is 27.4. The molecule has 5 heteroatoms. The van der Waals surface area contributed by atoms with Crippen molar-refractivity contribution in [1.29, 1.82) is 0 Å². The zero-order valence-corrected chi connectivity index (χ0v) is 14.3. The highest BCUT2D eigenvalue weighted by Crippen LogP contribution is 2.45. The molecule has 5 nitrogen and oxygen atoms in total. The van der Waals surface area contributed by atoms with Crippen LogP contribution in [-0.4, -0.2) is 36.9 Å². The van der Waals surface area contributed by atoms with Crippen molar-refractivity contribution in [2.75, 3.05) is 25.5 Å². The Hall–Kier alpha value is -2.82. The molecule has 2 amide bonds. The molecule has 1 fully saturated rings. The molecule has 1 saturated heterocycles. The SMILES string of the molecule is COc1ccc2c(c1)C1(CCN(C(=O)c3ccccc3C)C1)C(=O)N2. The van der Waals surface area contributed by atoms with Gasteiger partial charge in [0.25, 0.3) is 5.91 Å². The van der Waals surface area contributed by atoms with E-state index in [-0.39, 0.29) is 11.8 Å². The van der Waals surface area contributed by atoms with Crippen molar-refractivity contribution in [2.24, 2.45) is 0 Å². The summed E-state index contributed by atoms with van der Waals surface area (Å²) in [5.74, 6) is 0.674. The summed E-state index contributed by atoms with van der Waals surface area (Å²) in [5, 5.41) is 2.96. The monoisotopic (exact) mass is 336 g/mol. The number of anilines is 1. The van der Waals surface area contributed by atoms with Gasteiger partial charge >= 0.3 is 0 Å². The average molecular weight is 336 g/mol. The Kier molecular flexibility index (Phi) is 3.53. The zero-order valence-electron chi connectivity index (χ0n) is 14.3. The number of carbonyl (C=O) groups is 2. The third kappa shape index (κ3) is 2.30. The van der Waals surface area contributed by atoms with Crippen molar-refractivity contribution < 1.29 is 14.3 Å². The van der Waals surface area contributed by atoms with Gasteiger partial charge in [-0.25, -0.2) is 0 Å². The number of fused-ring (bicyclic) bond motifs is 2. The van der Waals surface area contributed by atoms with Gasteiger partial charge in [-0.15, -0.1) is 0 Å². The Morgan fingerprint density at radius 2 is 2.04 bits per heavy atom. The zero-order chi connectivity index (χ0) is 17.6. The number of amides is 2. The van der Waals surface area contributed by atoms with Gasteiger partial charge < -0.3 is 15.0 Å². The first kappa shape index (κ1) is 15.7. The molecular weight excluding hydrogens is 316 g/mol. The minimum absolute atomic E-state index is 0.0147. The fraction of sp³-hybridized carbons (Fsp3) is 0.300. The van der Waals surface area contributed by atoms with Gasteiger partial charge in [-0.2, -0.15) is 0 Å². The first-order valence-corrected chi connectivity index (χ1v) is 8.40. The molecule has 128 valence electrons. The molecule has 2 aromatic rings. The summed E-state index contributed by atoms with van der Waals surface area (Å²) < 4.78 is 5.32. The van der Waals surface area contributed by atoms with Gasteiger partial charge in [0.2, 0.25) is 5.91 Å². The molecule has 1 spiro atoms. The highest BCUT2D eigenvalue weighted by Gasteiger charge is 2.52. The van der Waals surface area contributed by atoms with Crippen LogP contribution in [0.25, 0.3) is 0 Å². The van der Waals surface area contributed by atoms with Crippen LogP contribution in [0.1, 0.15) is 27.9 Å². The van der Waals surface area contributed by atoms with E-state index in [1.54, 1.807) is 12.0 Å². The van der Waals surface area contributed by atoms with Crippen LogP contribution < -0.4 is 10.1 Å². The van der Waals surface area contributed by atoms with E-state index in [4.69, 9.17) is 4.74 Å². The van der Waals surface area contributed by atoms with Gasteiger partial charge in [0.05, 0.1) is 12.5 Å². The molecule has 4 rings (SSSR count). The third-order valence-electron chi connectivity index (χ3n) is 5.36. The molecule has 1 unspecified atom stereocenters. The molecule has 1 N–H and O–H groups in total. The first-order valence-electron chi connectivity index (χ1n) is 8.40. The molecule has 0 saturated carbocycles. The standard InChI is InChI=1S/C20H20N2O3/c1-13-5-3-4-6-15(13)18(23)22-10-9-20(12-22)16-11-14(25-2)7-8-17(16)21-19(20)24/h3-8,11H,9-10,12H2,1-2H3,(H,21,24). The summed E-state index contributed by atoms with van der Waals surface area (Å²) in [6.07, 6.45) is 0.622. The summed E-state index contributed by atoms with van der Waals surface area (Å²) >= 11 is 0. The highest BCUT2D eigenvalue weighted by molar-refractivity contribution is 6.08. The molecule has 2 aromatic carbocycles. The average Bonchev–Trinajstić information content (AvgIpc) is 3.18. The Balaban J connectivity index is 1.68. The van der Waals surface area contributed by atoms with Gasteiger partial charge in [0.15, 0.2) is 0 Å². The van der Waals surface area contributed by atoms with Crippen LogP contribution >= 0.6 is 0 Å². The molecule has 0 aliphatic carbocycles. The van der Waals surface area contributed by atoms with Crippen LogP contribution in [0.2, 0.25) is 0 Å². The number of hydrogen-bond acceptors (Lipinski definition) is 3. The van der Waals surface area contributed by atoms with Crippen molar-refractivity contribution in [3.05, 3.63) is 59.2 Å². The first-order chi connectivity index (χ1) is 12.0. The maximum absolute atomic E-state index is 12.9. The topological polar surface area (TPSA) is 58.6 Å². The van der Waals surface area contributed by atoms with Crippen LogP contribution in [0.4, 0.5) is 5.69 Å². The summed E-state index contributed by atoms with van der Waals surface area (Å²) in [7, 11) is 1.61. The van der Waals surface area contributed by atoms with E-state index in [2.05, 4.69) is 5.32 Å². The van der Waals surface area contributed by atoms with Gasteiger partial charge in [-0.05, 0) is 48.7 Å². The second kappa shape index (κ2) is 5.62. The van der Waals surface area contributed by atoms with Crippen LogP contribution in [0.15, 0.2) is 42.5 Å². The lowest BCUT2D eigenvalue weighted by atomic mass is 9.81. The molecule has 0 aromatic heterocycles. The minimum Gasteiger partial charge on any atom is -0.497 e. The van der Waals surface area contributed by atoms with Crippen LogP contribution in [-0.2, 0) is 10.2 Å². The largest absolute Gasteiger partial charge is 0.497 e. The third-order valence-corrected chi connectivity index (χ3v) is 5.36. The van der Waals surface area contributed by atoms with Crippen LogP contribution in [0.5, 0.6) is 5.75 Å². The molecular formula is C20H20N2O3. The fourth-order valence-corrected chi connectivity index (χ4v) is 3.89. The Bertz CT molecular complexity index is 877. The number of nitrogens with zero attached hydrogens (tertiary/aromatic N) is 1. The van der Waals surface area contributed by atoms with E-state index in [0.717, 1.165) is 22.6 Å². The highest BCUT2D eigenvalue weighted by atomic mass is 16.5. The van der Waals surface area contributed by atoms with Gasteiger partial charge in [0, 0.05) is 24.3 Å². The molecule has 2 heterocycles. The number of likely N-dealkylation sites (tertiary alicyclic amines) is 1. The number of rotatable bonds is 2. The predicted octanol–water partition coefficient (Wildman–Crippen LogP) is 2.74. The second-order valence-corrected chi connectivity index (χ2v) is 6.74. The van der Waals surface area contributed by atoms with Crippen molar-refractivity contribution in [1.82, 2.24) is 4.90 Å². The van der Waals surface area contributed by atoms with E-state index >= 15 is 0 Å². The molecule has 0 radical (unpaired) electrons. The number of methoxy groups -OCH3 is 1. The number of ether oxygens (including phenoxy) is 1. The van der Waals surface area contributed by atoms with Crippen LogP contribution in [0, 0.1) is 6.92 Å². The van der Waals surface area contributed by atoms with Gasteiger partial charge in [-0.1, -0.05) is 18.2 Å². The summed E-state index contributed by atoms with van der Waals surface area (Å²) in [5.41, 5.74) is 2.71. The van der Waals surface area contributed by atoms with Crippen molar-refractivity contribution >= 4 is 17.5 Å². The second-order valence-electron chi connectivity index (χ2n) is 6.74. The number of nitrogens with one attached hydrogen (secondary N) is 1. The van der Waals surface area contributed by atoms with E-state index in [1.807, 2.05) is 49.4 Å². The van der Waals surface area contributed by atoms with Crippen molar-refractivity contribution in [2.45, 2.75) is 18.8 Å². The molecule has 0 bridgehead atoms. The van der Waals surface area contributed by atoms with Gasteiger partial charge in [-0.3, -0.25) is 9.59 Å². The lowest BCUT2D eigenvalue weighted by molar-refractivity contribution is -0.120. The maximum atomic E-state index is 12.9. The van der Waals surface area contributed by atoms with Crippen molar-refractivity contribution in [3.63, 3.8) is 0 Å². The normalized spacial score (nSPS) is 21.4. The molecule has 25 heavy (non-hydrogen) atoms. The maximum Gasteiger partial charge on any atom is 0.254 e. The summed E-state index contributed by atoms with van der Waals surface area (Å²) in [6, 6.07) is 13.2. The Morgan fingerprint density at radius 1 is 1.24 bits per heavy atom.